The van der Waals surface area contributed by atoms with Gasteiger partial charge in [-0.2, -0.15) is 0 Å². The molecule has 2 rings (SSSR count). The summed E-state index contributed by atoms with van der Waals surface area (Å²) in [7, 11) is 0. The van der Waals surface area contributed by atoms with Crippen LogP contribution in [0.3, 0.4) is 0 Å². The summed E-state index contributed by atoms with van der Waals surface area (Å²) < 4.78 is 18.3. The number of benzene rings is 1. The highest BCUT2D eigenvalue weighted by atomic mass is 19.1. The minimum absolute atomic E-state index is 0.320. The van der Waals surface area contributed by atoms with Crippen LogP contribution < -0.4 is 0 Å². The fraction of sp³-hybridized carbons (Fsp3) is 0.250. The highest BCUT2D eigenvalue weighted by Crippen LogP contribution is 2.30. The lowest BCUT2D eigenvalue weighted by molar-refractivity contribution is -0.143. The van der Waals surface area contributed by atoms with Crippen molar-refractivity contribution >= 4 is 16.9 Å². The SMILES string of the molecule is CC(C)(C(=O)O)c1cc2ccc(F)cc2o1. The minimum atomic E-state index is -1.12. The van der Waals surface area contributed by atoms with E-state index in [-0.39, 0.29) is 0 Å². The van der Waals surface area contributed by atoms with E-state index in [9.17, 15) is 9.18 Å². The van der Waals surface area contributed by atoms with Crippen molar-refractivity contribution in [3.8, 4) is 0 Å². The van der Waals surface area contributed by atoms with Gasteiger partial charge in [-0.05, 0) is 32.0 Å². The third-order valence-corrected chi connectivity index (χ3v) is 2.63. The van der Waals surface area contributed by atoms with Crippen LogP contribution in [-0.2, 0) is 10.2 Å². The molecule has 0 aliphatic rings. The summed E-state index contributed by atoms with van der Waals surface area (Å²) in [5.74, 6) is -1.06. The molecular weight excluding hydrogens is 211 g/mol. The molecule has 84 valence electrons. The van der Waals surface area contributed by atoms with Gasteiger partial charge >= 0.3 is 5.97 Å². The molecule has 0 aliphatic carbocycles. The maximum atomic E-state index is 12.9. The Kier molecular flexibility index (Phi) is 2.22. The van der Waals surface area contributed by atoms with Gasteiger partial charge in [0.15, 0.2) is 0 Å². The molecule has 4 heteroatoms. The van der Waals surface area contributed by atoms with Crippen molar-refractivity contribution in [2.75, 3.05) is 0 Å². The maximum Gasteiger partial charge on any atom is 0.316 e. The molecule has 1 N–H and O–H groups in total. The molecule has 1 aromatic carbocycles. The first-order valence-electron chi connectivity index (χ1n) is 4.84. The van der Waals surface area contributed by atoms with E-state index in [1.165, 1.54) is 12.1 Å². The Morgan fingerprint density at radius 3 is 2.69 bits per heavy atom. The van der Waals surface area contributed by atoms with E-state index in [2.05, 4.69) is 0 Å². The lowest BCUT2D eigenvalue weighted by Gasteiger charge is -2.15. The van der Waals surface area contributed by atoms with Crippen LogP contribution in [0.15, 0.2) is 28.7 Å². The first-order chi connectivity index (χ1) is 7.41. The number of carboxylic acids is 1. The summed E-state index contributed by atoms with van der Waals surface area (Å²) in [5.41, 5.74) is -0.750. The second-order valence-corrected chi connectivity index (χ2v) is 4.22. The van der Waals surface area contributed by atoms with E-state index in [4.69, 9.17) is 9.52 Å². The van der Waals surface area contributed by atoms with Gasteiger partial charge in [-0.1, -0.05) is 0 Å². The van der Waals surface area contributed by atoms with Gasteiger partial charge in [0.2, 0.25) is 0 Å². The Morgan fingerprint density at radius 1 is 1.38 bits per heavy atom. The van der Waals surface area contributed by atoms with Crippen molar-refractivity contribution in [1.82, 2.24) is 0 Å². The van der Waals surface area contributed by atoms with Crippen LogP contribution >= 0.6 is 0 Å². The molecule has 0 atom stereocenters. The quantitative estimate of drug-likeness (QED) is 0.849. The number of rotatable bonds is 2. The van der Waals surface area contributed by atoms with Gasteiger partial charge in [0, 0.05) is 11.5 Å². The number of carbonyl (C=O) groups is 1. The maximum absolute atomic E-state index is 12.9. The van der Waals surface area contributed by atoms with Gasteiger partial charge < -0.3 is 9.52 Å². The summed E-state index contributed by atoms with van der Waals surface area (Å²) in [6.45, 7) is 3.09. The van der Waals surface area contributed by atoms with Gasteiger partial charge in [0.1, 0.15) is 22.6 Å². The van der Waals surface area contributed by atoms with E-state index in [0.717, 1.165) is 0 Å². The fourth-order valence-electron chi connectivity index (χ4n) is 1.42. The van der Waals surface area contributed by atoms with Crippen LogP contribution in [0, 0.1) is 5.82 Å². The van der Waals surface area contributed by atoms with E-state index < -0.39 is 17.2 Å². The molecule has 1 aromatic heterocycles. The molecular formula is C12H11FO3. The molecule has 2 aromatic rings. The highest BCUT2D eigenvalue weighted by molar-refractivity contribution is 5.84. The number of hydrogen-bond donors (Lipinski definition) is 1. The number of carboxylic acid groups (broad SMARTS) is 1. The molecule has 0 spiro atoms. The lowest BCUT2D eigenvalue weighted by atomic mass is 9.90. The van der Waals surface area contributed by atoms with Crippen molar-refractivity contribution in [3.05, 3.63) is 35.8 Å². The van der Waals surface area contributed by atoms with Crippen molar-refractivity contribution < 1.29 is 18.7 Å². The van der Waals surface area contributed by atoms with Crippen molar-refractivity contribution in [2.24, 2.45) is 0 Å². The number of fused-ring (bicyclic) bond motifs is 1. The van der Waals surface area contributed by atoms with Gasteiger partial charge in [-0.3, -0.25) is 4.79 Å². The fourth-order valence-corrected chi connectivity index (χ4v) is 1.42. The summed E-state index contributed by atoms with van der Waals surface area (Å²) >= 11 is 0. The number of hydrogen-bond acceptors (Lipinski definition) is 2. The van der Waals surface area contributed by atoms with Crippen LogP contribution in [0.1, 0.15) is 19.6 Å². The van der Waals surface area contributed by atoms with Gasteiger partial charge in [0.25, 0.3) is 0 Å². The Bertz CT molecular complexity index is 554. The van der Waals surface area contributed by atoms with E-state index in [1.807, 2.05) is 0 Å². The topological polar surface area (TPSA) is 50.4 Å². The van der Waals surface area contributed by atoms with Gasteiger partial charge in [-0.15, -0.1) is 0 Å². The van der Waals surface area contributed by atoms with Gasteiger partial charge in [0.05, 0.1) is 0 Å². The largest absolute Gasteiger partial charge is 0.481 e. The molecule has 0 amide bonds. The molecule has 1 heterocycles. The Labute approximate surface area is 91.5 Å². The molecule has 0 saturated carbocycles. The molecule has 0 fully saturated rings. The number of furan rings is 1. The molecule has 0 radical (unpaired) electrons. The number of halogens is 1. The second kappa shape index (κ2) is 3.33. The first-order valence-corrected chi connectivity index (χ1v) is 4.84. The summed E-state index contributed by atoms with van der Waals surface area (Å²) in [6.07, 6.45) is 0. The summed E-state index contributed by atoms with van der Waals surface area (Å²) in [6, 6.07) is 5.75. The van der Waals surface area contributed by atoms with E-state index >= 15 is 0 Å². The zero-order valence-corrected chi connectivity index (χ0v) is 8.95. The van der Waals surface area contributed by atoms with Crippen molar-refractivity contribution in [1.29, 1.82) is 0 Å². The lowest BCUT2D eigenvalue weighted by Crippen LogP contribution is -2.27. The highest BCUT2D eigenvalue weighted by Gasteiger charge is 2.33. The van der Waals surface area contributed by atoms with Gasteiger partial charge in [-0.25, -0.2) is 4.39 Å². The van der Waals surface area contributed by atoms with Crippen LogP contribution in [0.25, 0.3) is 11.0 Å². The van der Waals surface area contributed by atoms with E-state index in [0.29, 0.717) is 16.7 Å². The van der Waals surface area contributed by atoms with E-state index in [1.54, 1.807) is 26.0 Å². The van der Waals surface area contributed by atoms with Crippen LogP contribution in [0.4, 0.5) is 4.39 Å². The first kappa shape index (κ1) is 10.7. The van der Waals surface area contributed by atoms with Crippen molar-refractivity contribution in [3.63, 3.8) is 0 Å². The third-order valence-electron chi connectivity index (χ3n) is 2.63. The average molecular weight is 222 g/mol. The summed E-state index contributed by atoms with van der Waals surface area (Å²) in [4.78, 5) is 11.0. The average Bonchev–Trinajstić information content (AvgIpc) is 2.60. The zero-order valence-electron chi connectivity index (χ0n) is 8.95. The van der Waals surface area contributed by atoms with Crippen LogP contribution in [0.5, 0.6) is 0 Å². The normalized spacial score (nSPS) is 11.9. The molecule has 0 unspecified atom stereocenters. The minimum Gasteiger partial charge on any atom is -0.481 e. The Hall–Kier alpha value is -1.84. The number of aliphatic carboxylic acids is 1. The molecule has 3 nitrogen and oxygen atoms in total. The molecule has 0 bridgehead atoms. The standard InChI is InChI=1S/C12H11FO3/c1-12(2,11(14)15)10-5-7-3-4-8(13)6-9(7)16-10/h3-6H,1-2H3,(H,14,15). The molecule has 16 heavy (non-hydrogen) atoms. The van der Waals surface area contributed by atoms with Crippen molar-refractivity contribution in [2.45, 2.75) is 19.3 Å². The monoisotopic (exact) mass is 222 g/mol. The Balaban J connectivity index is 2.59. The smallest absolute Gasteiger partial charge is 0.316 e. The molecule has 0 aliphatic heterocycles. The Morgan fingerprint density at radius 2 is 2.06 bits per heavy atom. The van der Waals surface area contributed by atoms with Crippen LogP contribution in [0.2, 0.25) is 0 Å². The van der Waals surface area contributed by atoms with Crippen LogP contribution in [-0.4, -0.2) is 11.1 Å². The predicted molar refractivity (Wildman–Crippen MR) is 56.8 cm³/mol. The predicted octanol–water partition coefficient (Wildman–Crippen LogP) is 2.93. The zero-order chi connectivity index (χ0) is 11.9. The third kappa shape index (κ3) is 1.56. The summed E-state index contributed by atoms with van der Waals surface area (Å²) in [5, 5.41) is 9.74. The molecule has 0 saturated heterocycles. The second-order valence-electron chi connectivity index (χ2n) is 4.22.